The van der Waals surface area contributed by atoms with E-state index < -0.39 is 5.41 Å². The van der Waals surface area contributed by atoms with Crippen molar-refractivity contribution < 1.29 is 14.3 Å². The predicted molar refractivity (Wildman–Crippen MR) is 78.3 cm³/mol. The Bertz CT molecular complexity index is 541. The molecule has 0 aromatic heterocycles. The van der Waals surface area contributed by atoms with Gasteiger partial charge in [-0.15, -0.1) is 0 Å². The number of aliphatic hydroxyl groups is 1. The zero-order valence-corrected chi connectivity index (χ0v) is 12.4. The number of aliphatic hydroxyl groups excluding tert-OH is 1. The molecule has 1 N–H and O–H groups in total. The standard InChI is InChI=1S/C17H22FNO2/c1-19(11-12-5-4-8-15(12)20)16(21)17(9-10-17)13-6-2-3-7-14(13)18/h2-3,6-7,12,15,20H,4-5,8-11H2,1H3. The van der Waals surface area contributed by atoms with Crippen LogP contribution in [0.1, 0.15) is 37.7 Å². The van der Waals surface area contributed by atoms with Gasteiger partial charge in [0.15, 0.2) is 0 Å². The Labute approximate surface area is 124 Å². The normalized spacial score (nSPS) is 26.6. The van der Waals surface area contributed by atoms with Gasteiger partial charge in [-0.25, -0.2) is 4.39 Å². The largest absolute Gasteiger partial charge is 0.393 e. The Morgan fingerprint density at radius 1 is 1.38 bits per heavy atom. The topological polar surface area (TPSA) is 40.5 Å². The van der Waals surface area contributed by atoms with Crippen molar-refractivity contribution in [3.8, 4) is 0 Å². The minimum Gasteiger partial charge on any atom is -0.393 e. The number of hydrogen-bond donors (Lipinski definition) is 1. The molecule has 2 aliphatic carbocycles. The maximum Gasteiger partial charge on any atom is 0.233 e. The molecule has 114 valence electrons. The monoisotopic (exact) mass is 291 g/mol. The third-order valence-electron chi connectivity index (χ3n) is 5.02. The van der Waals surface area contributed by atoms with Gasteiger partial charge in [0.2, 0.25) is 5.91 Å². The highest BCUT2D eigenvalue weighted by Gasteiger charge is 2.54. The van der Waals surface area contributed by atoms with Crippen LogP contribution in [-0.4, -0.2) is 35.6 Å². The number of halogens is 1. The summed E-state index contributed by atoms with van der Waals surface area (Å²) in [5.41, 5.74) is -0.141. The third-order valence-corrected chi connectivity index (χ3v) is 5.02. The summed E-state index contributed by atoms with van der Waals surface area (Å²) >= 11 is 0. The minimum absolute atomic E-state index is 0.00769. The quantitative estimate of drug-likeness (QED) is 0.926. The molecular formula is C17H22FNO2. The number of benzene rings is 1. The number of amides is 1. The van der Waals surface area contributed by atoms with E-state index >= 15 is 0 Å². The fraction of sp³-hybridized carbons (Fsp3) is 0.588. The summed E-state index contributed by atoms with van der Waals surface area (Å²) in [6.07, 6.45) is 3.93. The summed E-state index contributed by atoms with van der Waals surface area (Å²) in [5, 5.41) is 9.90. The van der Waals surface area contributed by atoms with Crippen LogP contribution in [0.5, 0.6) is 0 Å². The summed E-state index contributed by atoms with van der Waals surface area (Å²) in [5.74, 6) is -0.139. The Hall–Kier alpha value is -1.42. The minimum atomic E-state index is -0.663. The number of nitrogens with zero attached hydrogens (tertiary/aromatic N) is 1. The van der Waals surface area contributed by atoms with Crippen molar-refractivity contribution in [1.29, 1.82) is 0 Å². The van der Waals surface area contributed by atoms with E-state index in [1.54, 1.807) is 30.1 Å². The molecule has 3 nitrogen and oxygen atoms in total. The molecule has 4 heteroatoms. The predicted octanol–water partition coefficient (Wildman–Crippen LogP) is 2.48. The van der Waals surface area contributed by atoms with Gasteiger partial charge in [0.05, 0.1) is 11.5 Å². The molecule has 1 aromatic rings. The SMILES string of the molecule is CN(CC1CCCC1O)C(=O)C1(c2ccccc2F)CC1. The number of carbonyl (C=O) groups excluding carboxylic acids is 1. The van der Waals surface area contributed by atoms with E-state index in [2.05, 4.69) is 0 Å². The lowest BCUT2D eigenvalue weighted by Gasteiger charge is -2.27. The Morgan fingerprint density at radius 3 is 2.67 bits per heavy atom. The van der Waals surface area contributed by atoms with Gasteiger partial charge in [-0.2, -0.15) is 0 Å². The molecule has 2 atom stereocenters. The molecule has 0 saturated heterocycles. The van der Waals surface area contributed by atoms with Crippen LogP contribution in [0.25, 0.3) is 0 Å². The van der Waals surface area contributed by atoms with E-state index in [-0.39, 0.29) is 23.7 Å². The van der Waals surface area contributed by atoms with Crippen molar-refractivity contribution in [3.05, 3.63) is 35.6 Å². The molecule has 2 aliphatic rings. The second-order valence-electron chi connectivity index (χ2n) is 6.51. The van der Waals surface area contributed by atoms with Crippen LogP contribution in [0.15, 0.2) is 24.3 Å². The summed E-state index contributed by atoms with van der Waals surface area (Å²) in [4.78, 5) is 14.4. The zero-order valence-electron chi connectivity index (χ0n) is 12.4. The fourth-order valence-corrected chi connectivity index (χ4v) is 3.60. The number of likely N-dealkylation sites (N-methyl/N-ethyl adjacent to an activating group) is 1. The lowest BCUT2D eigenvalue weighted by molar-refractivity contribution is -0.133. The Morgan fingerprint density at radius 2 is 2.10 bits per heavy atom. The molecule has 21 heavy (non-hydrogen) atoms. The van der Waals surface area contributed by atoms with Crippen molar-refractivity contribution in [2.45, 2.75) is 43.6 Å². The zero-order chi connectivity index (χ0) is 15.0. The average Bonchev–Trinajstić information content (AvgIpc) is 3.18. The van der Waals surface area contributed by atoms with E-state index in [0.29, 0.717) is 24.9 Å². The second kappa shape index (κ2) is 5.41. The van der Waals surface area contributed by atoms with Crippen molar-refractivity contribution in [2.75, 3.05) is 13.6 Å². The van der Waals surface area contributed by atoms with Crippen molar-refractivity contribution in [1.82, 2.24) is 4.90 Å². The number of carbonyl (C=O) groups is 1. The lowest BCUT2D eigenvalue weighted by atomic mass is 9.93. The van der Waals surface area contributed by atoms with Gasteiger partial charge < -0.3 is 10.0 Å². The van der Waals surface area contributed by atoms with Crippen LogP contribution in [0, 0.1) is 11.7 Å². The van der Waals surface area contributed by atoms with Crippen molar-refractivity contribution >= 4 is 5.91 Å². The first-order valence-corrected chi connectivity index (χ1v) is 7.73. The van der Waals surface area contributed by atoms with Gasteiger partial charge in [0, 0.05) is 25.1 Å². The van der Waals surface area contributed by atoms with Crippen LogP contribution >= 0.6 is 0 Å². The summed E-state index contributed by atoms with van der Waals surface area (Å²) < 4.78 is 14.0. The smallest absolute Gasteiger partial charge is 0.233 e. The first kappa shape index (κ1) is 14.5. The second-order valence-corrected chi connectivity index (χ2v) is 6.51. The highest BCUT2D eigenvalue weighted by Crippen LogP contribution is 2.50. The molecule has 1 amide bonds. The third kappa shape index (κ3) is 2.57. The molecule has 3 rings (SSSR count). The van der Waals surface area contributed by atoms with Gasteiger partial charge in [0.1, 0.15) is 5.82 Å². The van der Waals surface area contributed by atoms with E-state index in [9.17, 15) is 14.3 Å². The van der Waals surface area contributed by atoms with Crippen molar-refractivity contribution in [3.63, 3.8) is 0 Å². The van der Waals surface area contributed by atoms with E-state index in [0.717, 1.165) is 19.3 Å². The molecule has 0 bridgehead atoms. The summed E-state index contributed by atoms with van der Waals surface area (Å²) in [6.45, 7) is 0.566. The van der Waals surface area contributed by atoms with Gasteiger partial charge in [-0.1, -0.05) is 24.6 Å². The summed E-state index contributed by atoms with van der Waals surface area (Å²) in [6, 6.07) is 6.58. The van der Waals surface area contributed by atoms with Gasteiger partial charge in [-0.05, 0) is 31.7 Å². The first-order valence-electron chi connectivity index (χ1n) is 7.73. The lowest BCUT2D eigenvalue weighted by Crippen LogP contribution is -2.41. The molecule has 0 radical (unpaired) electrons. The molecule has 0 heterocycles. The van der Waals surface area contributed by atoms with E-state index in [4.69, 9.17) is 0 Å². The van der Waals surface area contributed by atoms with Crippen LogP contribution in [0.2, 0.25) is 0 Å². The molecule has 0 aliphatic heterocycles. The van der Waals surface area contributed by atoms with Crippen LogP contribution < -0.4 is 0 Å². The highest BCUT2D eigenvalue weighted by atomic mass is 19.1. The first-order chi connectivity index (χ1) is 10.0. The van der Waals surface area contributed by atoms with Crippen LogP contribution in [-0.2, 0) is 10.2 Å². The molecular weight excluding hydrogens is 269 g/mol. The molecule has 2 fully saturated rings. The van der Waals surface area contributed by atoms with Gasteiger partial charge >= 0.3 is 0 Å². The van der Waals surface area contributed by atoms with Crippen molar-refractivity contribution in [2.24, 2.45) is 5.92 Å². The molecule has 2 saturated carbocycles. The maximum atomic E-state index is 14.0. The van der Waals surface area contributed by atoms with E-state index in [1.165, 1.54) is 6.07 Å². The molecule has 2 unspecified atom stereocenters. The fourth-order valence-electron chi connectivity index (χ4n) is 3.60. The van der Waals surface area contributed by atoms with E-state index in [1.807, 2.05) is 0 Å². The summed E-state index contributed by atoms with van der Waals surface area (Å²) in [7, 11) is 1.77. The highest BCUT2D eigenvalue weighted by molar-refractivity contribution is 5.91. The average molecular weight is 291 g/mol. The van der Waals surface area contributed by atoms with Gasteiger partial charge in [0.25, 0.3) is 0 Å². The molecule has 0 spiro atoms. The van der Waals surface area contributed by atoms with Gasteiger partial charge in [-0.3, -0.25) is 4.79 Å². The maximum absolute atomic E-state index is 14.0. The van der Waals surface area contributed by atoms with Crippen LogP contribution in [0.3, 0.4) is 0 Å². The van der Waals surface area contributed by atoms with Crippen LogP contribution in [0.4, 0.5) is 4.39 Å². The Balaban J connectivity index is 1.74. The number of rotatable bonds is 4. The molecule has 1 aromatic carbocycles. The Kier molecular flexibility index (Phi) is 3.74. The number of hydrogen-bond acceptors (Lipinski definition) is 2.